The Balaban J connectivity index is 2.70. The minimum Gasteiger partial charge on any atom is -0.480 e. The number of rotatable bonds is 5. The van der Waals surface area contributed by atoms with E-state index >= 15 is 0 Å². The van der Waals surface area contributed by atoms with Gasteiger partial charge >= 0.3 is 5.97 Å². The zero-order valence-corrected chi connectivity index (χ0v) is 9.76. The number of allylic oxidation sites excluding steroid dienone is 1. The first-order chi connectivity index (χ1) is 8.13. The van der Waals surface area contributed by atoms with E-state index in [0.717, 1.165) is 11.1 Å². The molecule has 17 heavy (non-hydrogen) atoms. The number of nitrogens with zero attached hydrogens (tertiary/aromatic N) is 1. The lowest BCUT2D eigenvalue weighted by Crippen LogP contribution is -2.25. The van der Waals surface area contributed by atoms with Crippen molar-refractivity contribution in [1.29, 1.82) is 0 Å². The van der Waals surface area contributed by atoms with Gasteiger partial charge in [0.15, 0.2) is 0 Å². The molecule has 0 aromatic heterocycles. The standard InChI is InChI=1S/C14H15NO2/c1-3-12(13-7-5-4-6-8-13)9-10-15(2)11-14(16)17/h1,4-9H,10-11H2,2H3,(H,16,17). The first-order valence-electron chi connectivity index (χ1n) is 5.26. The fourth-order valence-electron chi connectivity index (χ4n) is 1.42. The Hall–Kier alpha value is -2.05. The summed E-state index contributed by atoms with van der Waals surface area (Å²) in [5.41, 5.74) is 1.75. The van der Waals surface area contributed by atoms with Crippen LogP contribution in [0.3, 0.4) is 0 Å². The summed E-state index contributed by atoms with van der Waals surface area (Å²) in [6.45, 7) is 0.518. The van der Waals surface area contributed by atoms with E-state index in [1.165, 1.54) is 0 Å². The normalized spacial score (nSPS) is 11.2. The van der Waals surface area contributed by atoms with Gasteiger partial charge in [-0.2, -0.15) is 0 Å². The van der Waals surface area contributed by atoms with Gasteiger partial charge in [0.2, 0.25) is 0 Å². The van der Waals surface area contributed by atoms with E-state index < -0.39 is 5.97 Å². The smallest absolute Gasteiger partial charge is 0.317 e. The molecule has 0 aliphatic rings. The Morgan fingerprint density at radius 1 is 1.47 bits per heavy atom. The predicted octanol–water partition coefficient (Wildman–Crippen LogP) is 1.72. The number of carboxylic acids is 1. The van der Waals surface area contributed by atoms with Gasteiger partial charge in [0, 0.05) is 12.1 Å². The van der Waals surface area contributed by atoms with E-state index in [9.17, 15) is 4.79 Å². The molecule has 0 atom stereocenters. The van der Waals surface area contributed by atoms with Crippen LogP contribution in [0.1, 0.15) is 5.56 Å². The number of hydrogen-bond acceptors (Lipinski definition) is 2. The SMILES string of the molecule is C#CC(=CCN(C)CC(=O)O)c1ccccc1. The summed E-state index contributed by atoms with van der Waals surface area (Å²) in [6, 6.07) is 9.63. The number of hydrogen-bond donors (Lipinski definition) is 1. The molecule has 1 aromatic carbocycles. The van der Waals surface area contributed by atoms with Crippen LogP contribution in [0.15, 0.2) is 36.4 Å². The molecule has 0 heterocycles. The van der Waals surface area contributed by atoms with Crippen LogP contribution in [0.5, 0.6) is 0 Å². The van der Waals surface area contributed by atoms with Crippen LogP contribution in [-0.2, 0) is 4.79 Å². The highest BCUT2D eigenvalue weighted by Crippen LogP contribution is 2.12. The van der Waals surface area contributed by atoms with Crippen molar-refractivity contribution in [3.63, 3.8) is 0 Å². The second kappa shape index (κ2) is 6.51. The largest absolute Gasteiger partial charge is 0.480 e. The third kappa shape index (κ3) is 4.54. The van der Waals surface area contributed by atoms with Crippen LogP contribution >= 0.6 is 0 Å². The summed E-state index contributed by atoms with van der Waals surface area (Å²) in [5, 5.41) is 8.62. The lowest BCUT2D eigenvalue weighted by molar-refractivity contribution is -0.137. The molecule has 0 fully saturated rings. The molecule has 3 heteroatoms. The quantitative estimate of drug-likeness (QED) is 0.781. The Bertz CT molecular complexity index is 443. The Labute approximate surface area is 101 Å². The highest BCUT2D eigenvalue weighted by molar-refractivity contribution is 5.78. The van der Waals surface area contributed by atoms with Gasteiger partial charge in [0.25, 0.3) is 0 Å². The molecule has 1 aromatic rings. The van der Waals surface area contributed by atoms with Gasteiger partial charge in [0.1, 0.15) is 0 Å². The lowest BCUT2D eigenvalue weighted by Gasteiger charge is -2.11. The van der Waals surface area contributed by atoms with Crippen molar-refractivity contribution in [3.05, 3.63) is 42.0 Å². The van der Waals surface area contributed by atoms with Crippen molar-refractivity contribution in [2.75, 3.05) is 20.1 Å². The van der Waals surface area contributed by atoms with Crippen molar-refractivity contribution in [2.24, 2.45) is 0 Å². The molecule has 0 unspecified atom stereocenters. The maximum atomic E-state index is 10.5. The van der Waals surface area contributed by atoms with Crippen LogP contribution < -0.4 is 0 Å². The van der Waals surface area contributed by atoms with Gasteiger partial charge < -0.3 is 5.11 Å². The topological polar surface area (TPSA) is 40.5 Å². The summed E-state index contributed by atoms with van der Waals surface area (Å²) in [7, 11) is 1.74. The van der Waals surface area contributed by atoms with Crippen LogP contribution in [0.25, 0.3) is 5.57 Å². The molecule has 1 rings (SSSR count). The monoisotopic (exact) mass is 229 g/mol. The van der Waals surface area contributed by atoms with Crippen LogP contribution in [0.2, 0.25) is 0 Å². The van der Waals surface area contributed by atoms with E-state index in [1.54, 1.807) is 11.9 Å². The van der Waals surface area contributed by atoms with Gasteiger partial charge in [0.05, 0.1) is 6.54 Å². The van der Waals surface area contributed by atoms with Crippen LogP contribution in [-0.4, -0.2) is 36.1 Å². The van der Waals surface area contributed by atoms with Crippen LogP contribution in [0.4, 0.5) is 0 Å². The molecule has 0 bridgehead atoms. The van der Waals surface area contributed by atoms with E-state index in [4.69, 9.17) is 11.5 Å². The van der Waals surface area contributed by atoms with Crippen molar-refractivity contribution < 1.29 is 9.90 Å². The van der Waals surface area contributed by atoms with Gasteiger partial charge in [-0.05, 0) is 12.6 Å². The third-order valence-electron chi connectivity index (χ3n) is 2.25. The average Bonchev–Trinajstić information content (AvgIpc) is 2.30. The van der Waals surface area contributed by atoms with E-state index in [-0.39, 0.29) is 6.54 Å². The molecular formula is C14H15NO2. The lowest BCUT2D eigenvalue weighted by atomic mass is 10.1. The molecule has 0 spiro atoms. The number of carboxylic acid groups (broad SMARTS) is 1. The summed E-state index contributed by atoms with van der Waals surface area (Å²) in [5.74, 6) is 1.77. The molecule has 0 aliphatic heterocycles. The Morgan fingerprint density at radius 3 is 2.65 bits per heavy atom. The molecule has 0 saturated carbocycles. The Kier molecular flexibility index (Phi) is 4.99. The number of carbonyl (C=O) groups is 1. The summed E-state index contributed by atoms with van der Waals surface area (Å²) < 4.78 is 0. The Morgan fingerprint density at radius 2 is 2.12 bits per heavy atom. The molecule has 88 valence electrons. The second-order valence-corrected chi connectivity index (χ2v) is 3.72. The van der Waals surface area contributed by atoms with Gasteiger partial charge in [-0.3, -0.25) is 9.69 Å². The number of likely N-dealkylation sites (N-methyl/N-ethyl adjacent to an activating group) is 1. The predicted molar refractivity (Wildman–Crippen MR) is 68.4 cm³/mol. The highest BCUT2D eigenvalue weighted by Gasteiger charge is 2.03. The zero-order valence-electron chi connectivity index (χ0n) is 9.76. The highest BCUT2D eigenvalue weighted by atomic mass is 16.4. The van der Waals surface area contributed by atoms with Gasteiger partial charge in [-0.1, -0.05) is 42.3 Å². The minimum absolute atomic E-state index is 0.00312. The van der Waals surface area contributed by atoms with Crippen molar-refractivity contribution in [2.45, 2.75) is 0 Å². The first kappa shape index (κ1) is 13.0. The van der Waals surface area contributed by atoms with Gasteiger partial charge in [-0.15, -0.1) is 6.42 Å². The zero-order chi connectivity index (χ0) is 12.7. The van der Waals surface area contributed by atoms with Crippen molar-refractivity contribution >= 4 is 11.5 Å². The number of aliphatic carboxylic acids is 1. The summed E-state index contributed by atoms with van der Waals surface area (Å²) in [4.78, 5) is 12.2. The fraction of sp³-hybridized carbons (Fsp3) is 0.214. The second-order valence-electron chi connectivity index (χ2n) is 3.72. The first-order valence-corrected chi connectivity index (χ1v) is 5.26. The van der Waals surface area contributed by atoms with Gasteiger partial charge in [-0.25, -0.2) is 0 Å². The number of benzene rings is 1. The molecule has 0 saturated heterocycles. The minimum atomic E-state index is -0.845. The van der Waals surface area contributed by atoms with E-state index in [2.05, 4.69) is 5.92 Å². The van der Waals surface area contributed by atoms with Crippen LogP contribution in [0, 0.1) is 12.3 Å². The molecule has 0 radical (unpaired) electrons. The van der Waals surface area contributed by atoms with E-state index in [1.807, 2.05) is 36.4 Å². The maximum absolute atomic E-state index is 10.5. The number of terminal acetylenes is 1. The molecule has 0 amide bonds. The molecule has 3 nitrogen and oxygen atoms in total. The molecule has 1 N–H and O–H groups in total. The molecular weight excluding hydrogens is 214 g/mol. The average molecular weight is 229 g/mol. The third-order valence-corrected chi connectivity index (χ3v) is 2.25. The summed E-state index contributed by atoms with van der Waals surface area (Å²) >= 11 is 0. The van der Waals surface area contributed by atoms with E-state index in [0.29, 0.717) is 6.54 Å². The molecule has 0 aliphatic carbocycles. The summed E-state index contributed by atoms with van der Waals surface area (Å²) in [6.07, 6.45) is 7.30. The maximum Gasteiger partial charge on any atom is 0.317 e. The fourth-order valence-corrected chi connectivity index (χ4v) is 1.42. The van der Waals surface area contributed by atoms with Crippen molar-refractivity contribution in [3.8, 4) is 12.3 Å². The van der Waals surface area contributed by atoms with Crippen molar-refractivity contribution in [1.82, 2.24) is 4.90 Å².